The molecule has 0 saturated heterocycles. The van der Waals surface area contributed by atoms with Crippen LogP contribution in [0.3, 0.4) is 0 Å². The van der Waals surface area contributed by atoms with Crippen LogP contribution in [-0.2, 0) is 5.41 Å². The second-order valence-corrected chi connectivity index (χ2v) is 13.2. The Bertz CT molecular complexity index is 1390. The molecule has 2 aliphatic rings. The summed E-state index contributed by atoms with van der Waals surface area (Å²) < 4.78 is 12.3. The largest absolute Gasteiger partial charge is 0.457 e. The van der Waals surface area contributed by atoms with Crippen molar-refractivity contribution >= 4 is 11.4 Å². The summed E-state index contributed by atoms with van der Waals surface area (Å²) in [6.45, 7) is 2.32. The van der Waals surface area contributed by atoms with Crippen LogP contribution in [0.1, 0.15) is 88.7 Å². The molecule has 2 saturated carbocycles. The molecule has 0 aliphatic heterocycles. The van der Waals surface area contributed by atoms with Gasteiger partial charge in [-0.1, -0.05) is 75.4 Å². The SMILES string of the molecule is CCCC[C@H]1CC[C@H](C2CCC(c3ccc(Oc4cccc(N)c4)cc3)(c3ccc(Oc4cccc(N)c4)cc3)CC2)CC1. The van der Waals surface area contributed by atoms with Crippen LogP contribution in [0.5, 0.6) is 23.0 Å². The molecule has 0 heterocycles. The summed E-state index contributed by atoms with van der Waals surface area (Å²) in [5.41, 5.74) is 16.0. The fraction of sp³-hybridized carbons (Fsp3) is 0.400. The van der Waals surface area contributed by atoms with E-state index in [-0.39, 0.29) is 5.41 Å². The number of hydrogen-bond acceptors (Lipinski definition) is 4. The maximum absolute atomic E-state index is 6.14. The number of nitrogens with two attached hydrogens (primary N) is 2. The molecule has 4 N–H and O–H groups in total. The Morgan fingerprint density at radius 2 is 1.07 bits per heavy atom. The van der Waals surface area contributed by atoms with E-state index in [1.54, 1.807) is 0 Å². The van der Waals surface area contributed by atoms with Gasteiger partial charge < -0.3 is 20.9 Å². The van der Waals surface area contributed by atoms with Crippen molar-refractivity contribution in [3.63, 3.8) is 0 Å². The zero-order valence-corrected chi connectivity index (χ0v) is 26.2. The molecule has 0 aromatic heterocycles. The molecule has 2 fully saturated rings. The van der Waals surface area contributed by atoms with E-state index in [0.29, 0.717) is 11.4 Å². The summed E-state index contributed by atoms with van der Waals surface area (Å²) in [6, 6.07) is 32.8. The number of hydrogen-bond donors (Lipinski definition) is 2. The van der Waals surface area contributed by atoms with E-state index in [1.807, 2.05) is 48.5 Å². The Morgan fingerprint density at radius 3 is 1.52 bits per heavy atom. The number of nitrogen functional groups attached to an aromatic ring is 2. The molecule has 2 aliphatic carbocycles. The standard InChI is InChI=1S/C40H48N2O2/c1-2-3-6-29-11-13-30(14-12-29)31-23-25-40(26-24-31,32-15-19-36(20-16-32)43-38-9-4-7-34(41)27-38)33-17-21-37(22-18-33)44-39-10-5-8-35(42)28-39/h4-5,7-10,15-22,27-31H,2-3,6,11-14,23-26,41-42H2,1H3/t29-,30-. The van der Waals surface area contributed by atoms with Gasteiger partial charge >= 0.3 is 0 Å². The van der Waals surface area contributed by atoms with E-state index < -0.39 is 0 Å². The Balaban J connectivity index is 1.21. The van der Waals surface area contributed by atoms with Gasteiger partial charge in [-0.15, -0.1) is 0 Å². The number of benzene rings is 4. The van der Waals surface area contributed by atoms with E-state index in [2.05, 4.69) is 55.5 Å². The predicted molar refractivity (Wildman–Crippen MR) is 182 cm³/mol. The second kappa shape index (κ2) is 13.8. The monoisotopic (exact) mass is 588 g/mol. The molecule has 6 rings (SSSR count). The molecule has 0 bridgehead atoms. The minimum absolute atomic E-state index is 0.0275. The molecule has 4 aromatic carbocycles. The van der Waals surface area contributed by atoms with Gasteiger partial charge in [0.15, 0.2) is 0 Å². The molecular weight excluding hydrogens is 540 g/mol. The normalized spacial score (nSPS) is 20.2. The summed E-state index contributed by atoms with van der Waals surface area (Å²) in [4.78, 5) is 0. The number of rotatable bonds is 10. The summed E-state index contributed by atoms with van der Waals surface area (Å²) in [6.07, 6.45) is 14.8. The van der Waals surface area contributed by atoms with Crippen molar-refractivity contribution in [2.75, 3.05) is 11.5 Å². The lowest BCUT2D eigenvalue weighted by molar-refractivity contribution is 0.140. The van der Waals surface area contributed by atoms with Crippen LogP contribution in [0.2, 0.25) is 0 Å². The molecule has 4 aromatic rings. The van der Waals surface area contributed by atoms with E-state index in [1.165, 1.54) is 68.9 Å². The van der Waals surface area contributed by atoms with Gasteiger partial charge in [0.25, 0.3) is 0 Å². The molecule has 230 valence electrons. The molecule has 0 radical (unpaired) electrons. The zero-order valence-electron chi connectivity index (χ0n) is 26.2. The highest BCUT2D eigenvalue weighted by molar-refractivity contribution is 5.48. The third-order valence-electron chi connectivity index (χ3n) is 10.4. The van der Waals surface area contributed by atoms with Crippen molar-refractivity contribution in [3.8, 4) is 23.0 Å². The maximum Gasteiger partial charge on any atom is 0.129 e. The molecule has 0 unspecified atom stereocenters. The minimum Gasteiger partial charge on any atom is -0.457 e. The van der Waals surface area contributed by atoms with Crippen LogP contribution in [0.4, 0.5) is 11.4 Å². The highest BCUT2D eigenvalue weighted by atomic mass is 16.5. The first-order valence-electron chi connectivity index (χ1n) is 16.8. The van der Waals surface area contributed by atoms with Crippen molar-refractivity contribution in [2.45, 2.75) is 83.0 Å². The zero-order chi connectivity index (χ0) is 30.4. The molecule has 0 spiro atoms. The molecule has 44 heavy (non-hydrogen) atoms. The quantitative estimate of drug-likeness (QED) is 0.181. The highest BCUT2D eigenvalue weighted by Gasteiger charge is 2.41. The van der Waals surface area contributed by atoms with Crippen molar-refractivity contribution in [1.82, 2.24) is 0 Å². The smallest absolute Gasteiger partial charge is 0.129 e. The van der Waals surface area contributed by atoms with Crippen molar-refractivity contribution in [3.05, 3.63) is 108 Å². The Hall–Kier alpha value is -3.92. The van der Waals surface area contributed by atoms with Crippen LogP contribution in [0.15, 0.2) is 97.1 Å². The van der Waals surface area contributed by atoms with E-state index in [4.69, 9.17) is 20.9 Å². The Labute approximate surface area is 263 Å². The highest BCUT2D eigenvalue weighted by Crippen LogP contribution is 2.51. The van der Waals surface area contributed by atoms with Gasteiger partial charge in [-0.3, -0.25) is 0 Å². The van der Waals surface area contributed by atoms with E-state index in [0.717, 1.165) is 53.6 Å². The van der Waals surface area contributed by atoms with Crippen LogP contribution < -0.4 is 20.9 Å². The van der Waals surface area contributed by atoms with Gasteiger partial charge in [0, 0.05) is 28.9 Å². The third kappa shape index (κ3) is 7.07. The molecule has 0 atom stereocenters. The molecular formula is C40H48N2O2. The number of anilines is 2. The minimum atomic E-state index is -0.0275. The number of unbranched alkanes of at least 4 members (excludes halogenated alkanes) is 1. The molecule has 0 amide bonds. The maximum atomic E-state index is 6.14. The number of ether oxygens (including phenoxy) is 2. The first-order valence-corrected chi connectivity index (χ1v) is 16.8. The first kappa shape index (κ1) is 30.1. The predicted octanol–water partition coefficient (Wildman–Crippen LogP) is 10.9. The van der Waals surface area contributed by atoms with Crippen LogP contribution >= 0.6 is 0 Å². The van der Waals surface area contributed by atoms with Gasteiger partial charge in [-0.25, -0.2) is 0 Å². The second-order valence-electron chi connectivity index (χ2n) is 13.2. The van der Waals surface area contributed by atoms with Gasteiger partial charge in [0.2, 0.25) is 0 Å². The fourth-order valence-electron chi connectivity index (χ4n) is 7.90. The lowest BCUT2D eigenvalue weighted by Gasteiger charge is -2.44. The van der Waals surface area contributed by atoms with E-state index >= 15 is 0 Å². The van der Waals surface area contributed by atoms with Crippen molar-refractivity contribution < 1.29 is 9.47 Å². The summed E-state index contributed by atoms with van der Waals surface area (Å²) in [5.74, 6) is 5.88. The summed E-state index contributed by atoms with van der Waals surface area (Å²) in [5, 5.41) is 0. The lowest BCUT2D eigenvalue weighted by atomic mass is 9.60. The average molecular weight is 589 g/mol. The average Bonchev–Trinajstić information content (AvgIpc) is 3.05. The topological polar surface area (TPSA) is 70.5 Å². The van der Waals surface area contributed by atoms with Gasteiger partial charge in [-0.05, 0) is 116 Å². The van der Waals surface area contributed by atoms with Gasteiger partial charge in [0.1, 0.15) is 23.0 Å². The van der Waals surface area contributed by atoms with Crippen LogP contribution in [0, 0.1) is 17.8 Å². The Morgan fingerprint density at radius 1 is 0.591 bits per heavy atom. The van der Waals surface area contributed by atoms with E-state index in [9.17, 15) is 0 Å². The van der Waals surface area contributed by atoms with Gasteiger partial charge in [-0.2, -0.15) is 0 Å². The molecule has 4 heteroatoms. The van der Waals surface area contributed by atoms with Gasteiger partial charge in [0.05, 0.1) is 0 Å². The van der Waals surface area contributed by atoms with Crippen molar-refractivity contribution in [1.29, 1.82) is 0 Å². The van der Waals surface area contributed by atoms with Crippen LogP contribution in [0.25, 0.3) is 0 Å². The third-order valence-corrected chi connectivity index (χ3v) is 10.4. The Kier molecular flexibility index (Phi) is 9.45. The summed E-state index contributed by atoms with van der Waals surface area (Å²) in [7, 11) is 0. The van der Waals surface area contributed by atoms with Crippen molar-refractivity contribution in [2.24, 2.45) is 17.8 Å². The fourth-order valence-corrected chi connectivity index (χ4v) is 7.90. The first-order chi connectivity index (χ1) is 21.5. The summed E-state index contributed by atoms with van der Waals surface area (Å²) >= 11 is 0. The lowest BCUT2D eigenvalue weighted by Crippen LogP contribution is -2.35. The molecule has 4 nitrogen and oxygen atoms in total. The van der Waals surface area contributed by atoms with Crippen LogP contribution in [-0.4, -0.2) is 0 Å².